The van der Waals surface area contributed by atoms with E-state index in [1.807, 2.05) is 45.1 Å². The highest BCUT2D eigenvalue weighted by Gasteiger charge is 2.41. The van der Waals surface area contributed by atoms with Crippen molar-refractivity contribution in [3.63, 3.8) is 0 Å². The summed E-state index contributed by atoms with van der Waals surface area (Å²) < 4.78 is 23.6. The smallest absolute Gasteiger partial charge is 0.334 e. The lowest BCUT2D eigenvalue weighted by Gasteiger charge is -2.26. The van der Waals surface area contributed by atoms with Gasteiger partial charge in [-0.2, -0.15) is 0 Å². The third-order valence-electron chi connectivity index (χ3n) is 7.48. The summed E-state index contributed by atoms with van der Waals surface area (Å²) in [7, 11) is 1.66. The van der Waals surface area contributed by atoms with Crippen LogP contribution < -0.4 is 0 Å². The van der Waals surface area contributed by atoms with Crippen molar-refractivity contribution < 1.29 is 33.6 Å². The molecule has 0 aromatic heterocycles. The maximum Gasteiger partial charge on any atom is 0.334 e. The molecular formula is C30H42O7. The molecular weight excluding hydrogens is 472 g/mol. The van der Waals surface area contributed by atoms with Crippen molar-refractivity contribution in [2.24, 2.45) is 11.8 Å². The number of allylic oxidation sites excluding steroid dienone is 4. The molecule has 204 valence electrons. The molecule has 37 heavy (non-hydrogen) atoms. The Hall–Kier alpha value is -2.32. The van der Waals surface area contributed by atoms with Crippen LogP contribution in [-0.4, -0.2) is 66.7 Å². The molecule has 3 heterocycles. The molecule has 7 nitrogen and oxygen atoms in total. The molecule has 0 saturated carbocycles. The minimum absolute atomic E-state index is 0.0107. The second kappa shape index (κ2) is 13.0. The van der Waals surface area contributed by atoms with Crippen LogP contribution in [0.25, 0.3) is 0 Å². The van der Waals surface area contributed by atoms with E-state index >= 15 is 0 Å². The number of ether oxygens (including phenoxy) is 4. The topological polar surface area (TPSA) is 94.6 Å². The van der Waals surface area contributed by atoms with E-state index in [9.17, 15) is 14.7 Å². The fraction of sp³-hybridized carbons (Fsp3) is 0.600. The number of Topliss-reactive ketones (excluding diaryl/α,β-unsaturated/α-hetero) is 1. The number of hydrogen-bond donors (Lipinski definition) is 1. The number of esters is 1. The summed E-state index contributed by atoms with van der Waals surface area (Å²) in [6, 6.07) is 0. The fourth-order valence-corrected chi connectivity index (χ4v) is 4.73. The van der Waals surface area contributed by atoms with Crippen molar-refractivity contribution in [1.29, 1.82) is 0 Å². The molecule has 1 N–H and O–H groups in total. The van der Waals surface area contributed by atoms with Crippen LogP contribution in [0.1, 0.15) is 54.4 Å². The molecule has 9 atom stereocenters. The normalized spacial score (nSPS) is 43.4. The van der Waals surface area contributed by atoms with Gasteiger partial charge in [-0.05, 0) is 51.3 Å². The number of epoxide rings is 1. The standard InChI is InChI=1S/C30H42O7/c1-17-10-8-9-11-23(31)18(2)15-28-27(34-7)16-26(36-28)21(5)24(12-13-25-22(6)35-25)37-30(33)20(4)14-19(3)29(17)32/h8-10,12-15,19,21-28,31H,11,16H2,1-7H3/b9-8-,13-12+,17-10-,18-15-,20-14-/t19-,21-,22+,23+,24+,25+,26+,27-,28-/m0/s1. The number of hydrogen-bond acceptors (Lipinski definition) is 7. The van der Waals surface area contributed by atoms with Crippen LogP contribution in [0.2, 0.25) is 0 Å². The van der Waals surface area contributed by atoms with E-state index in [0.717, 1.165) is 5.57 Å². The number of cyclic esters (lactones) is 1. The Morgan fingerprint density at radius 3 is 2.32 bits per heavy atom. The number of carbonyl (C=O) groups is 2. The first-order valence-electron chi connectivity index (χ1n) is 13.2. The molecule has 7 heteroatoms. The average molecular weight is 515 g/mol. The monoisotopic (exact) mass is 514 g/mol. The van der Waals surface area contributed by atoms with Crippen LogP contribution in [0, 0.1) is 11.8 Å². The van der Waals surface area contributed by atoms with E-state index in [1.165, 1.54) is 0 Å². The van der Waals surface area contributed by atoms with Gasteiger partial charge in [0.1, 0.15) is 18.3 Å². The second-order valence-corrected chi connectivity index (χ2v) is 10.5. The Kier molecular flexibility index (Phi) is 10.2. The first-order valence-corrected chi connectivity index (χ1v) is 13.2. The number of carbonyl (C=O) groups excluding carboxylic acids is 2. The summed E-state index contributed by atoms with van der Waals surface area (Å²) in [6.45, 7) is 11.0. The minimum atomic E-state index is -0.679. The third-order valence-corrected chi connectivity index (χ3v) is 7.48. The van der Waals surface area contributed by atoms with Gasteiger partial charge in [0.05, 0.1) is 24.4 Å². The van der Waals surface area contributed by atoms with Gasteiger partial charge < -0.3 is 24.1 Å². The van der Waals surface area contributed by atoms with E-state index < -0.39 is 24.1 Å². The van der Waals surface area contributed by atoms with Crippen molar-refractivity contribution in [3.8, 4) is 0 Å². The zero-order valence-corrected chi connectivity index (χ0v) is 23.0. The maximum absolute atomic E-state index is 13.1. The molecule has 0 amide bonds. The molecule has 3 rings (SSSR count). The lowest BCUT2D eigenvalue weighted by Crippen LogP contribution is -2.33. The van der Waals surface area contributed by atoms with Crippen molar-refractivity contribution >= 4 is 11.8 Å². The number of aliphatic hydroxyl groups excluding tert-OH is 1. The molecule has 0 aliphatic carbocycles. The van der Waals surface area contributed by atoms with Crippen LogP contribution in [-0.2, 0) is 28.5 Å². The van der Waals surface area contributed by atoms with Crippen LogP contribution in [0.5, 0.6) is 0 Å². The van der Waals surface area contributed by atoms with E-state index in [4.69, 9.17) is 18.9 Å². The number of fused-ring (bicyclic) bond motifs is 2. The molecule has 2 saturated heterocycles. The van der Waals surface area contributed by atoms with Gasteiger partial charge in [-0.25, -0.2) is 4.79 Å². The zero-order chi connectivity index (χ0) is 27.3. The van der Waals surface area contributed by atoms with Gasteiger partial charge in [0.2, 0.25) is 0 Å². The predicted molar refractivity (Wildman–Crippen MR) is 142 cm³/mol. The van der Waals surface area contributed by atoms with Crippen molar-refractivity contribution in [3.05, 3.63) is 59.3 Å². The van der Waals surface area contributed by atoms with Gasteiger partial charge in [0.15, 0.2) is 5.78 Å². The summed E-state index contributed by atoms with van der Waals surface area (Å²) in [5, 5.41) is 10.7. The van der Waals surface area contributed by atoms with Gasteiger partial charge in [0.25, 0.3) is 0 Å². The molecule has 0 unspecified atom stereocenters. The van der Waals surface area contributed by atoms with E-state index in [1.54, 1.807) is 46.1 Å². The quantitative estimate of drug-likeness (QED) is 0.339. The summed E-state index contributed by atoms with van der Waals surface area (Å²) in [5.74, 6) is -1.20. The molecule has 0 radical (unpaired) electrons. The Morgan fingerprint density at radius 2 is 1.68 bits per heavy atom. The molecule has 2 bridgehead atoms. The highest BCUT2D eigenvalue weighted by atomic mass is 16.6. The molecule has 0 aromatic rings. The summed E-state index contributed by atoms with van der Waals surface area (Å²) in [5.41, 5.74) is 1.74. The van der Waals surface area contributed by atoms with Crippen LogP contribution in [0.3, 0.4) is 0 Å². The third kappa shape index (κ3) is 7.84. The number of ketones is 1. The predicted octanol–water partition coefficient (Wildman–Crippen LogP) is 4.42. The van der Waals surface area contributed by atoms with E-state index in [2.05, 4.69) is 0 Å². The molecule has 2 fully saturated rings. The van der Waals surface area contributed by atoms with Crippen LogP contribution >= 0.6 is 0 Å². The Labute approximate surface area is 220 Å². The van der Waals surface area contributed by atoms with Gasteiger partial charge in [-0.1, -0.05) is 50.3 Å². The minimum Gasteiger partial charge on any atom is -0.454 e. The molecule has 0 spiro atoms. The second-order valence-electron chi connectivity index (χ2n) is 10.5. The fourth-order valence-electron chi connectivity index (χ4n) is 4.73. The van der Waals surface area contributed by atoms with Gasteiger partial charge >= 0.3 is 5.97 Å². The molecule has 0 aromatic carbocycles. The van der Waals surface area contributed by atoms with Crippen LogP contribution in [0.15, 0.2) is 59.3 Å². The van der Waals surface area contributed by atoms with Gasteiger partial charge in [0, 0.05) is 30.9 Å². The first kappa shape index (κ1) is 29.2. The lowest BCUT2D eigenvalue weighted by atomic mass is 9.93. The summed E-state index contributed by atoms with van der Waals surface area (Å²) in [4.78, 5) is 25.9. The Bertz CT molecular complexity index is 988. The van der Waals surface area contributed by atoms with Crippen LogP contribution in [0.4, 0.5) is 0 Å². The SMILES string of the molecule is CO[C@H]1C[C@H]2O[C@H]1/C=C(/C)[C@H](O)C/C=C\C=C(\C)C(=O)[C@@H](C)/C=C(/C)C(=O)O[C@H](/C=C/[C@H]1O[C@@H]1C)[C@@H]2C. The van der Waals surface area contributed by atoms with E-state index in [0.29, 0.717) is 24.0 Å². The van der Waals surface area contributed by atoms with E-state index in [-0.39, 0.29) is 42.2 Å². The largest absolute Gasteiger partial charge is 0.454 e. The average Bonchev–Trinajstić information content (AvgIpc) is 3.42. The van der Waals surface area contributed by atoms with Gasteiger partial charge in [-0.15, -0.1) is 0 Å². The van der Waals surface area contributed by atoms with Crippen molar-refractivity contribution in [1.82, 2.24) is 0 Å². The lowest BCUT2D eigenvalue weighted by molar-refractivity contribution is -0.146. The highest BCUT2D eigenvalue weighted by Crippen LogP contribution is 2.33. The summed E-state index contributed by atoms with van der Waals surface area (Å²) >= 11 is 0. The highest BCUT2D eigenvalue weighted by molar-refractivity contribution is 5.99. The Morgan fingerprint density at radius 1 is 1.00 bits per heavy atom. The maximum atomic E-state index is 13.1. The summed E-state index contributed by atoms with van der Waals surface area (Å²) in [6.07, 6.45) is 12.0. The zero-order valence-electron chi connectivity index (χ0n) is 23.0. The molecule has 3 aliphatic rings. The molecule has 3 aliphatic heterocycles. The van der Waals surface area contributed by atoms with Crippen molar-refractivity contribution in [2.45, 2.75) is 97.1 Å². The number of methoxy groups -OCH3 is 1. The number of aliphatic hydroxyl groups is 1. The number of rotatable bonds is 3. The van der Waals surface area contributed by atoms with Crippen molar-refractivity contribution in [2.75, 3.05) is 7.11 Å². The van der Waals surface area contributed by atoms with Gasteiger partial charge in [-0.3, -0.25) is 4.79 Å². The Balaban J connectivity index is 1.94. The first-order chi connectivity index (χ1) is 17.5.